The molecule has 1 aliphatic rings. The molecule has 2 aromatic rings. The fourth-order valence-corrected chi connectivity index (χ4v) is 3.74. The first-order chi connectivity index (χ1) is 12.0. The molecule has 0 bridgehead atoms. The van der Waals surface area contributed by atoms with Gasteiger partial charge in [0.1, 0.15) is 5.82 Å². The predicted octanol–water partition coefficient (Wildman–Crippen LogP) is 3.49. The molecule has 0 spiro atoms. The third kappa shape index (κ3) is 3.54. The van der Waals surface area contributed by atoms with Crippen molar-refractivity contribution >= 4 is 23.6 Å². The van der Waals surface area contributed by atoms with E-state index in [1.165, 1.54) is 30.0 Å². The first kappa shape index (κ1) is 17.5. The van der Waals surface area contributed by atoms with Crippen LogP contribution in [0.2, 0.25) is 0 Å². The summed E-state index contributed by atoms with van der Waals surface area (Å²) in [5.74, 6) is -2.43. The SMILES string of the molecule is CSc1cc(C(=O)N2CC(C(=O)O)C(c3ccccc3)C2)ccc1F. The van der Waals surface area contributed by atoms with Gasteiger partial charge in [-0.05, 0) is 30.0 Å². The number of halogens is 1. The number of carbonyl (C=O) groups excluding carboxylic acids is 1. The lowest BCUT2D eigenvalue weighted by atomic mass is 9.89. The molecule has 0 saturated carbocycles. The van der Waals surface area contributed by atoms with Gasteiger partial charge < -0.3 is 10.0 Å². The van der Waals surface area contributed by atoms with Gasteiger partial charge in [0.15, 0.2) is 0 Å². The average molecular weight is 359 g/mol. The Labute approximate surface area is 149 Å². The van der Waals surface area contributed by atoms with Crippen molar-refractivity contribution in [2.24, 2.45) is 5.92 Å². The Bertz CT molecular complexity index is 797. The molecule has 3 rings (SSSR count). The standard InChI is InChI=1S/C19H18FNO3S/c1-25-17-9-13(7-8-16(17)20)18(22)21-10-14(15(11-21)19(23)24)12-5-3-2-4-6-12/h2-9,14-15H,10-11H2,1H3,(H,23,24). The second-order valence-electron chi connectivity index (χ2n) is 6.02. The zero-order chi connectivity index (χ0) is 18.0. The molecule has 0 aliphatic carbocycles. The highest BCUT2D eigenvalue weighted by molar-refractivity contribution is 7.98. The van der Waals surface area contributed by atoms with E-state index in [2.05, 4.69) is 0 Å². The summed E-state index contributed by atoms with van der Waals surface area (Å²) in [4.78, 5) is 26.4. The summed E-state index contributed by atoms with van der Waals surface area (Å²) in [6, 6.07) is 13.6. The van der Waals surface area contributed by atoms with E-state index in [9.17, 15) is 19.1 Å². The summed E-state index contributed by atoms with van der Waals surface area (Å²) in [5, 5.41) is 9.54. The molecular weight excluding hydrogens is 341 g/mol. The Hall–Kier alpha value is -2.34. The third-order valence-electron chi connectivity index (χ3n) is 4.55. The second-order valence-corrected chi connectivity index (χ2v) is 6.87. The average Bonchev–Trinajstić information content (AvgIpc) is 3.08. The van der Waals surface area contributed by atoms with Crippen LogP contribution in [-0.2, 0) is 4.79 Å². The van der Waals surface area contributed by atoms with E-state index in [0.29, 0.717) is 17.0 Å². The summed E-state index contributed by atoms with van der Waals surface area (Å²) >= 11 is 1.23. The highest BCUT2D eigenvalue weighted by Crippen LogP contribution is 2.34. The molecule has 1 saturated heterocycles. The lowest BCUT2D eigenvalue weighted by molar-refractivity contribution is -0.141. The van der Waals surface area contributed by atoms with Crippen LogP contribution in [0.3, 0.4) is 0 Å². The smallest absolute Gasteiger partial charge is 0.308 e. The van der Waals surface area contributed by atoms with E-state index in [4.69, 9.17) is 0 Å². The van der Waals surface area contributed by atoms with Gasteiger partial charge >= 0.3 is 5.97 Å². The molecule has 130 valence electrons. The highest BCUT2D eigenvalue weighted by atomic mass is 32.2. The molecule has 0 aromatic heterocycles. The van der Waals surface area contributed by atoms with Crippen LogP contribution in [-0.4, -0.2) is 41.2 Å². The topological polar surface area (TPSA) is 57.6 Å². The van der Waals surface area contributed by atoms with Gasteiger partial charge in [-0.3, -0.25) is 9.59 Å². The number of rotatable bonds is 4. The molecule has 1 N–H and O–H groups in total. The molecule has 1 aliphatic heterocycles. The largest absolute Gasteiger partial charge is 0.481 e. The molecule has 4 nitrogen and oxygen atoms in total. The number of thioether (sulfide) groups is 1. The van der Waals surface area contributed by atoms with E-state index < -0.39 is 11.9 Å². The molecular formula is C19H18FNO3S. The molecule has 6 heteroatoms. The highest BCUT2D eigenvalue weighted by Gasteiger charge is 2.40. The maximum atomic E-state index is 13.6. The first-order valence-corrected chi connectivity index (χ1v) is 9.14. The Morgan fingerprint density at radius 1 is 1.16 bits per heavy atom. The fraction of sp³-hybridized carbons (Fsp3) is 0.263. The van der Waals surface area contributed by atoms with E-state index in [1.807, 2.05) is 30.3 Å². The van der Waals surface area contributed by atoms with Gasteiger partial charge in [0, 0.05) is 29.5 Å². The monoisotopic (exact) mass is 359 g/mol. The van der Waals surface area contributed by atoms with Crippen molar-refractivity contribution in [1.29, 1.82) is 0 Å². The van der Waals surface area contributed by atoms with Crippen molar-refractivity contribution in [3.8, 4) is 0 Å². The van der Waals surface area contributed by atoms with Gasteiger partial charge in [-0.25, -0.2) is 4.39 Å². The lowest BCUT2D eigenvalue weighted by Gasteiger charge is -2.17. The number of amides is 1. The number of aliphatic carboxylic acids is 1. The Morgan fingerprint density at radius 3 is 2.52 bits per heavy atom. The van der Waals surface area contributed by atoms with E-state index >= 15 is 0 Å². The van der Waals surface area contributed by atoms with Crippen LogP contribution in [0.5, 0.6) is 0 Å². The molecule has 1 fully saturated rings. The number of hydrogen-bond acceptors (Lipinski definition) is 3. The van der Waals surface area contributed by atoms with Crippen molar-refractivity contribution in [1.82, 2.24) is 4.90 Å². The number of nitrogens with zero attached hydrogens (tertiary/aromatic N) is 1. The quantitative estimate of drug-likeness (QED) is 0.849. The van der Waals surface area contributed by atoms with Gasteiger partial charge in [0.05, 0.1) is 5.92 Å². The van der Waals surface area contributed by atoms with Gasteiger partial charge in [-0.2, -0.15) is 0 Å². The van der Waals surface area contributed by atoms with Crippen LogP contribution in [0, 0.1) is 11.7 Å². The molecule has 25 heavy (non-hydrogen) atoms. The van der Waals surface area contributed by atoms with Crippen molar-refractivity contribution in [3.05, 3.63) is 65.5 Å². The van der Waals surface area contributed by atoms with Crippen LogP contribution in [0.15, 0.2) is 53.4 Å². The summed E-state index contributed by atoms with van der Waals surface area (Å²) in [7, 11) is 0. The van der Waals surface area contributed by atoms with Crippen LogP contribution in [0.4, 0.5) is 4.39 Å². The number of hydrogen-bond donors (Lipinski definition) is 1. The number of carbonyl (C=O) groups is 2. The Balaban J connectivity index is 1.86. The van der Waals surface area contributed by atoms with Crippen molar-refractivity contribution < 1.29 is 19.1 Å². The first-order valence-electron chi connectivity index (χ1n) is 7.92. The summed E-state index contributed by atoms with van der Waals surface area (Å²) in [6.45, 7) is 0.492. The maximum absolute atomic E-state index is 13.6. The second kappa shape index (κ2) is 7.27. The van der Waals surface area contributed by atoms with Crippen LogP contribution in [0.25, 0.3) is 0 Å². The lowest BCUT2D eigenvalue weighted by Crippen LogP contribution is -2.30. The summed E-state index contributed by atoms with van der Waals surface area (Å²) < 4.78 is 13.6. The van der Waals surface area contributed by atoms with Crippen LogP contribution >= 0.6 is 11.8 Å². The molecule has 1 amide bonds. The Morgan fingerprint density at radius 2 is 1.88 bits per heavy atom. The predicted molar refractivity (Wildman–Crippen MR) is 94.4 cm³/mol. The molecule has 2 aromatic carbocycles. The van der Waals surface area contributed by atoms with Crippen molar-refractivity contribution in [2.75, 3.05) is 19.3 Å². The van der Waals surface area contributed by atoms with E-state index in [1.54, 1.807) is 11.2 Å². The van der Waals surface area contributed by atoms with Crippen molar-refractivity contribution in [2.45, 2.75) is 10.8 Å². The number of carboxylic acids is 1. The normalized spacial score (nSPS) is 19.8. The van der Waals surface area contributed by atoms with E-state index in [0.717, 1.165) is 5.56 Å². The van der Waals surface area contributed by atoms with Gasteiger partial charge in [0.2, 0.25) is 0 Å². The van der Waals surface area contributed by atoms with Gasteiger partial charge in [-0.15, -0.1) is 11.8 Å². The van der Waals surface area contributed by atoms with E-state index in [-0.39, 0.29) is 24.2 Å². The summed E-state index contributed by atoms with van der Waals surface area (Å²) in [6.07, 6.45) is 1.74. The van der Waals surface area contributed by atoms with Crippen molar-refractivity contribution in [3.63, 3.8) is 0 Å². The van der Waals surface area contributed by atoms with Gasteiger partial charge in [-0.1, -0.05) is 30.3 Å². The minimum atomic E-state index is -0.909. The molecule has 2 unspecified atom stereocenters. The zero-order valence-electron chi connectivity index (χ0n) is 13.7. The number of benzene rings is 2. The Kier molecular flexibility index (Phi) is 5.08. The zero-order valence-corrected chi connectivity index (χ0v) is 14.5. The number of likely N-dealkylation sites (tertiary alicyclic amines) is 1. The number of carboxylic acid groups (broad SMARTS) is 1. The van der Waals surface area contributed by atoms with Crippen LogP contribution < -0.4 is 0 Å². The van der Waals surface area contributed by atoms with Crippen LogP contribution in [0.1, 0.15) is 21.8 Å². The molecule has 1 heterocycles. The molecule has 2 atom stereocenters. The van der Waals surface area contributed by atoms with Gasteiger partial charge in [0.25, 0.3) is 5.91 Å². The fourth-order valence-electron chi connectivity index (χ4n) is 3.23. The minimum absolute atomic E-state index is 0.152. The third-order valence-corrected chi connectivity index (χ3v) is 5.30. The molecule has 0 radical (unpaired) electrons. The maximum Gasteiger partial charge on any atom is 0.308 e. The minimum Gasteiger partial charge on any atom is -0.481 e. The summed E-state index contributed by atoms with van der Waals surface area (Å²) in [5.41, 5.74) is 1.29.